The van der Waals surface area contributed by atoms with Crippen molar-refractivity contribution in [2.45, 2.75) is 44.6 Å². The van der Waals surface area contributed by atoms with Gasteiger partial charge in [0.25, 0.3) is 5.91 Å². The number of amides is 1. The SMILES string of the molecule is Cc1[nH]nc(C(=O)NCCCCOC(C)C)c1S(N)(=O)=O. The molecule has 9 heteroatoms. The van der Waals surface area contributed by atoms with E-state index in [1.807, 2.05) is 13.8 Å². The minimum Gasteiger partial charge on any atom is -0.379 e. The summed E-state index contributed by atoms with van der Waals surface area (Å²) in [4.78, 5) is 11.7. The number of nitrogens with two attached hydrogens (primary N) is 1. The second kappa shape index (κ2) is 7.53. The van der Waals surface area contributed by atoms with Crippen molar-refractivity contribution < 1.29 is 17.9 Å². The molecule has 0 bridgehead atoms. The fourth-order valence-electron chi connectivity index (χ4n) is 1.75. The lowest BCUT2D eigenvalue weighted by Gasteiger charge is -2.07. The highest BCUT2D eigenvalue weighted by Crippen LogP contribution is 2.15. The first kappa shape index (κ1) is 17.6. The number of hydrogen-bond donors (Lipinski definition) is 3. The van der Waals surface area contributed by atoms with E-state index >= 15 is 0 Å². The second-order valence-corrected chi connectivity index (χ2v) is 6.45. The van der Waals surface area contributed by atoms with Gasteiger partial charge in [-0.05, 0) is 33.6 Å². The average Bonchev–Trinajstić information content (AvgIpc) is 2.74. The number of rotatable bonds is 8. The summed E-state index contributed by atoms with van der Waals surface area (Å²) in [5, 5.41) is 13.9. The largest absolute Gasteiger partial charge is 0.379 e. The molecule has 8 nitrogen and oxygen atoms in total. The zero-order valence-corrected chi connectivity index (χ0v) is 13.3. The van der Waals surface area contributed by atoms with Gasteiger partial charge in [0.15, 0.2) is 5.69 Å². The van der Waals surface area contributed by atoms with Gasteiger partial charge in [0, 0.05) is 13.2 Å². The van der Waals surface area contributed by atoms with E-state index in [0.717, 1.165) is 12.8 Å². The molecule has 0 saturated heterocycles. The molecule has 0 fully saturated rings. The first-order valence-electron chi connectivity index (χ1n) is 6.71. The Balaban J connectivity index is 2.51. The van der Waals surface area contributed by atoms with Crippen LogP contribution in [0.15, 0.2) is 4.90 Å². The van der Waals surface area contributed by atoms with Crippen molar-refractivity contribution in [1.82, 2.24) is 15.5 Å². The summed E-state index contributed by atoms with van der Waals surface area (Å²) in [6.07, 6.45) is 1.72. The van der Waals surface area contributed by atoms with Crippen LogP contribution in [-0.2, 0) is 14.8 Å². The van der Waals surface area contributed by atoms with Gasteiger partial charge in [0.1, 0.15) is 4.90 Å². The van der Waals surface area contributed by atoms with Gasteiger partial charge < -0.3 is 10.1 Å². The van der Waals surface area contributed by atoms with E-state index in [2.05, 4.69) is 15.5 Å². The molecule has 1 heterocycles. The number of aromatic amines is 1. The van der Waals surface area contributed by atoms with Crippen molar-refractivity contribution in [3.8, 4) is 0 Å². The van der Waals surface area contributed by atoms with Crippen LogP contribution in [0.1, 0.15) is 42.9 Å². The minimum atomic E-state index is -3.99. The fourth-order valence-corrected chi connectivity index (χ4v) is 2.63. The van der Waals surface area contributed by atoms with E-state index in [9.17, 15) is 13.2 Å². The molecule has 4 N–H and O–H groups in total. The maximum atomic E-state index is 11.9. The standard InChI is InChI=1S/C12H22N4O4S/c1-8(2)20-7-5-4-6-14-12(17)10-11(21(13,18)19)9(3)15-16-10/h8H,4-7H2,1-3H3,(H,14,17)(H,15,16)(H2,13,18,19). The summed E-state index contributed by atoms with van der Waals surface area (Å²) in [7, 11) is -3.99. The van der Waals surface area contributed by atoms with Crippen LogP contribution in [0.3, 0.4) is 0 Å². The summed E-state index contributed by atoms with van der Waals surface area (Å²) in [6, 6.07) is 0. The number of sulfonamides is 1. The first-order valence-corrected chi connectivity index (χ1v) is 8.25. The number of H-pyrrole nitrogens is 1. The zero-order chi connectivity index (χ0) is 16.0. The molecule has 1 amide bonds. The third kappa shape index (κ3) is 5.44. The summed E-state index contributed by atoms with van der Waals surface area (Å²) < 4.78 is 28.3. The molecule has 0 spiro atoms. The van der Waals surface area contributed by atoms with Gasteiger partial charge in [-0.15, -0.1) is 0 Å². The number of aromatic nitrogens is 2. The first-order chi connectivity index (χ1) is 9.73. The Morgan fingerprint density at radius 2 is 2.10 bits per heavy atom. The predicted molar refractivity (Wildman–Crippen MR) is 77.4 cm³/mol. The number of primary sulfonamides is 1. The third-order valence-corrected chi connectivity index (χ3v) is 3.77. The number of hydrogen-bond acceptors (Lipinski definition) is 5. The van der Waals surface area contributed by atoms with E-state index in [1.165, 1.54) is 6.92 Å². The Bertz CT molecular complexity index is 580. The molecule has 0 radical (unpaired) electrons. The van der Waals surface area contributed by atoms with Crippen LogP contribution in [0, 0.1) is 6.92 Å². The van der Waals surface area contributed by atoms with Gasteiger partial charge in [-0.2, -0.15) is 5.10 Å². The van der Waals surface area contributed by atoms with Gasteiger partial charge in [-0.3, -0.25) is 9.89 Å². The van der Waals surface area contributed by atoms with Gasteiger partial charge in [-0.25, -0.2) is 13.6 Å². The highest BCUT2D eigenvalue weighted by atomic mass is 32.2. The molecule has 21 heavy (non-hydrogen) atoms. The van der Waals surface area contributed by atoms with Crippen molar-refractivity contribution in [3.63, 3.8) is 0 Å². The van der Waals surface area contributed by atoms with Crippen molar-refractivity contribution in [1.29, 1.82) is 0 Å². The Kier molecular flexibility index (Phi) is 6.31. The molecular weight excluding hydrogens is 296 g/mol. The minimum absolute atomic E-state index is 0.184. The summed E-state index contributed by atoms with van der Waals surface area (Å²) in [5.74, 6) is -0.562. The number of nitrogens with one attached hydrogen (secondary N) is 2. The lowest BCUT2D eigenvalue weighted by Crippen LogP contribution is -2.27. The van der Waals surface area contributed by atoms with E-state index in [1.54, 1.807) is 0 Å². The molecule has 0 atom stereocenters. The molecule has 120 valence electrons. The van der Waals surface area contributed by atoms with E-state index in [4.69, 9.17) is 9.88 Å². The van der Waals surface area contributed by atoms with Crippen LogP contribution in [0.4, 0.5) is 0 Å². The molecule has 1 aromatic rings. The van der Waals surface area contributed by atoms with Crippen molar-refractivity contribution >= 4 is 15.9 Å². The number of carbonyl (C=O) groups excluding carboxylic acids is 1. The van der Waals surface area contributed by atoms with Crippen LogP contribution < -0.4 is 10.5 Å². The number of carbonyl (C=O) groups is 1. The van der Waals surface area contributed by atoms with Gasteiger partial charge in [0.2, 0.25) is 10.0 Å². The highest BCUT2D eigenvalue weighted by molar-refractivity contribution is 7.89. The predicted octanol–water partition coefficient (Wildman–Crippen LogP) is 0.301. The Morgan fingerprint density at radius 3 is 2.67 bits per heavy atom. The van der Waals surface area contributed by atoms with Gasteiger partial charge in [0.05, 0.1) is 11.8 Å². The van der Waals surface area contributed by atoms with Crippen LogP contribution in [0.2, 0.25) is 0 Å². The molecule has 0 saturated carbocycles. The van der Waals surface area contributed by atoms with E-state index < -0.39 is 15.9 Å². The van der Waals surface area contributed by atoms with Gasteiger partial charge in [-0.1, -0.05) is 0 Å². The maximum absolute atomic E-state index is 11.9. The molecule has 1 aromatic heterocycles. The molecule has 0 unspecified atom stereocenters. The molecule has 1 rings (SSSR count). The second-order valence-electron chi connectivity index (χ2n) is 4.95. The molecule has 0 aliphatic heterocycles. The van der Waals surface area contributed by atoms with E-state index in [0.29, 0.717) is 13.2 Å². The Labute approximate surface area is 124 Å². The molecule has 0 aliphatic rings. The summed E-state index contributed by atoms with van der Waals surface area (Å²) >= 11 is 0. The molecule has 0 aromatic carbocycles. The summed E-state index contributed by atoms with van der Waals surface area (Å²) in [6.45, 7) is 6.44. The smallest absolute Gasteiger partial charge is 0.273 e. The topological polar surface area (TPSA) is 127 Å². The molecular formula is C12H22N4O4S. The fraction of sp³-hybridized carbons (Fsp3) is 0.667. The number of nitrogens with zero attached hydrogens (tertiary/aromatic N) is 1. The third-order valence-electron chi connectivity index (χ3n) is 2.70. The molecule has 0 aliphatic carbocycles. The quantitative estimate of drug-likeness (QED) is 0.594. The number of ether oxygens (including phenoxy) is 1. The average molecular weight is 318 g/mol. The van der Waals surface area contributed by atoms with E-state index in [-0.39, 0.29) is 22.4 Å². The van der Waals surface area contributed by atoms with Crippen LogP contribution in [0.25, 0.3) is 0 Å². The zero-order valence-electron chi connectivity index (χ0n) is 12.5. The lowest BCUT2D eigenvalue weighted by atomic mass is 10.3. The maximum Gasteiger partial charge on any atom is 0.273 e. The highest BCUT2D eigenvalue weighted by Gasteiger charge is 2.25. The Morgan fingerprint density at radius 1 is 1.43 bits per heavy atom. The normalized spacial score (nSPS) is 11.9. The van der Waals surface area contributed by atoms with Crippen molar-refractivity contribution in [3.05, 3.63) is 11.4 Å². The van der Waals surface area contributed by atoms with Crippen molar-refractivity contribution in [2.24, 2.45) is 5.14 Å². The Hall–Kier alpha value is -1.45. The van der Waals surface area contributed by atoms with Crippen LogP contribution >= 0.6 is 0 Å². The summed E-state index contributed by atoms with van der Waals surface area (Å²) in [5.41, 5.74) is 0.0430. The van der Waals surface area contributed by atoms with Crippen LogP contribution in [-0.4, -0.2) is 43.8 Å². The van der Waals surface area contributed by atoms with Crippen LogP contribution in [0.5, 0.6) is 0 Å². The van der Waals surface area contributed by atoms with Gasteiger partial charge >= 0.3 is 0 Å². The lowest BCUT2D eigenvalue weighted by molar-refractivity contribution is 0.0754. The monoisotopic (exact) mass is 318 g/mol. The van der Waals surface area contributed by atoms with Crippen molar-refractivity contribution in [2.75, 3.05) is 13.2 Å². The number of aryl methyl sites for hydroxylation is 1. The number of unbranched alkanes of at least 4 members (excludes halogenated alkanes) is 1.